The first-order valence-corrected chi connectivity index (χ1v) is 7.82. The first-order chi connectivity index (χ1) is 11.3. The second kappa shape index (κ2) is 7.70. The number of hydrogen-bond donors (Lipinski definition) is 1. The molecule has 0 spiro atoms. The molecular weight excluding hydrogens is 290 g/mol. The van der Waals surface area contributed by atoms with Gasteiger partial charge in [-0.15, -0.1) is 0 Å². The predicted octanol–water partition coefficient (Wildman–Crippen LogP) is 3.47. The van der Waals surface area contributed by atoms with E-state index in [1.54, 1.807) is 12.3 Å². The van der Waals surface area contributed by atoms with Gasteiger partial charge in [-0.05, 0) is 23.6 Å². The Morgan fingerprint density at radius 2 is 1.83 bits per heavy atom. The van der Waals surface area contributed by atoms with Crippen molar-refractivity contribution >= 4 is 16.5 Å². The molecule has 4 rings (SSSR count). The zero-order valence-corrected chi connectivity index (χ0v) is 13.0. The molecule has 4 nitrogen and oxygen atoms in total. The quantitative estimate of drug-likeness (QED) is 0.875. The van der Waals surface area contributed by atoms with Crippen molar-refractivity contribution in [1.29, 1.82) is 0 Å². The maximum atomic E-state index is 9.78. The van der Waals surface area contributed by atoms with Crippen molar-refractivity contribution in [2.24, 2.45) is 0 Å². The molecule has 2 heterocycles. The van der Waals surface area contributed by atoms with E-state index >= 15 is 0 Å². The normalized spacial score (nSPS) is 16.6. The van der Waals surface area contributed by atoms with Crippen LogP contribution in [0.15, 0.2) is 60.9 Å². The number of rotatable bonds is 1. The third-order valence-electron chi connectivity index (χ3n) is 3.79. The van der Waals surface area contributed by atoms with E-state index in [0.29, 0.717) is 5.75 Å². The summed E-state index contributed by atoms with van der Waals surface area (Å²) >= 11 is 0. The summed E-state index contributed by atoms with van der Waals surface area (Å²) in [6.07, 6.45) is 7.47. The van der Waals surface area contributed by atoms with Crippen molar-refractivity contribution in [3.63, 3.8) is 0 Å². The molecule has 2 aromatic carbocycles. The number of fused-ring (bicyclic) bond motifs is 1. The van der Waals surface area contributed by atoms with Crippen molar-refractivity contribution in [3.05, 3.63) is 60.9 Å². The minimum Gasteiger partial charge on any atom is -0.508 e. The van der Waals surface area contributed by atoms with Crippen molar-refractivity contribution in [2.45, 2.75) is 0 Å². The zero-order valence-electron chi connectivity index (χ0n) is 13.0. The lowest BCUT2D eigenvalue weighted by molar-refractivity contribution is 0.123. The topological polar surface area (TPSA) is 41.9 Å². The highest BCUT2D eigenvalue weighted by Crippen LogP contribution is 2.31. The second-order valence-electron chi connectivity index (χ2n) is 5.38. The average Bonchev–Trinajstić information content (AvgIpc) is 2.64. The summed E-state index contributed by atoms with van der Waals surface area (Å²) in [6.45, 7) is 4.01. The van der Waals surface area contributed by atoms with Gasteiger partial charge in [-0.3, -0.25) is 0 Å². The third-order valence-corrected chi connectivity index (χ3v) is 3.79. The first-order valence-electron chi connectivity index (χ1n) is 7.82. The minimum absolute atomic E-state index is 0.324. The minimum atomic E-state index is 0.324. The standard InChI is InChI=1S/C14H15NO2.C5H6O/c16-12-9-11-3-1-2-4-13(11)14(10-12)15-5-7-17-8-6-15;1-2-4-6-5-3-1/h1-4,9-10,16H,5-8H2;1-4H,5H2. The molecule has 1 fully saturated rings. The molecule has 4 heteroatoms. The fourth-order valence-electron chi connectivity index (χ4n) is 2.69. The van der Waals surface area contributed by atoms with E-state index in [0.717, 1.165) is 44.0 Å². The van der Waals surface area contributed by atoms with Gasteiger partial charge in [0.05, 0.1) is 19.5 Å². The highest BCUT2D eigenvalue weighted by molar-refractivity contribution is 5.95. The molecule has 120 valence electrons. The maximum absolute atomic E-state index is 9.78. The third kappa shape index (κ3) is 4.05. The molecule has 23 heavy (non-hydrogen) atoms. The molecular formula is C19H21NO3. The number of allylic oxidation sites excluding steroid dienone is 2. The molecule has 0 bridgehead atoms. The number of phenolic OH excluding ortho intramolecular Hbond substituents is 1. The number of morpholine rings is 1. The van der Waals surface area contributed by atoms with Gasteiger partial charge in [-0.2, -0.15) is 0 Å². The van der Waals surface area contributed by atoms with Gasteiger partial charge in [0, 0.05) is 30.2 Å². The molecule has 0 saturated carbocycles. The smallest absolute Gasteiger partial charge is 0.118 e. The number of aromatic hydroxyl groups is 1. The van der Waals surface area contributed by atoms with Crippen LogP contribution in [0.2, 0.25) is 0 Å². The molecule has 0 radical (unpaired) electrons. The van der Waals surface area contributed by atoms with Crippen LogP contribution in [0, 0.1) is 0 Å². The van der Waals surface area contributed by atoms with Gasteiger partial charge < -0.3 is 19.5 Å². The Hall–Kier alpha value is -2.46. The number of hydrogen-bond acceptors (Lipinski definition) is 4. The summed E-state index contributed by atoms with van der Waals surface area (Å²) in [4.78, 5) is 2.27. The van der Waals surface area contributed by atoms with Crippen LogP contribution in [-0.2, 0) is 9.47 Å². The van der Waals surface area contributed by atoms with Gasteiger partial charge >= 0.3 is 0 Å². The Morgan fingerprint density at radius 3 is 2.48 bits per heavy atom. The summed E-state index contributed by atoms with van der Waals surface area (Å²) in [5.41, 5.74) is 1.10. The van der Waals surface area contributed by atoms with Crippen LogP contribution in [-0.4, -0.2) is 38.0 Å². The highest BCUT2D eigenvalue weighted by Gasteiger charge is 2.14. The van der Waals surface area contributed by atoms with Crippen LogP contribution in [0.5, 0.6) is 5.75 Å². The molecule has 1 saturated heterocycles. The molecule has 2 aliphatic rings. The Kier molecular flexibility index (Phi) is 5.17. The van der Waals surface area contributed by atoms with Crippen molar-refractivity contribution < 1.29 is 14.6 Å². The Morgan fingerprint density at radius 1 is 1.00 bits per heavy atom. The number of phenols is 1. The van der Waals surface area contributed by atoms with Gasteiger partial charge in [0.25, 0.3) is 0 Å². The van der Waals surface area contributed by atoms with E-state index in [2.05, 4.69) is 11.0 Å². The second-order valence-corrected chi connectivity index (χ2v) is 5.38. The van der Waals surface area contributed by atoms with Crippen LogP contribution in [0.3, 0.4) is 0 Å². The molecule has 1 N–H and O–H groups in total. The Labute approximate surface area is 136 Å². The van der Waals surface area contributed by atoms with E-state index in [4.69, 9.17) is 9.47 Å². The largest absolute Gasteiger partial charge is 0.508 e. The molecule has 0 aromatic heterocycles. The van der Waals surface area contributed by atoms with Crippen LogP contribution in [0.25, 0.3) is 10.8 Å². The van der Waals surface area contributed by atoms with Gasteiger partial charge in [-0.1, -0.05) is 30.3 Å². The Bertz CT molecular complexity index is 691. The van der Waals surface area contributed by atoms with Crippen LogP contribution < -0.4 is 4.90 Å². The van der Waals surface area contributed by atoms with Crippen molar-refractivity contribution in [1.82, 2.24) is 0 Å². The van der Waals surface area contributed by atoms with Gasteiger partial charge in [0.1, 0.15) is 12.4 Å². The van der Waals surface area contributed by atoms with E-state index in [-0.39, 0.29) is 0 Å². The number of nitrogens with zero attached hydrogens (tertiary/aromatic N) is 1. The highest BCUT2D eigenvalue weighted by atomic mass is 16.5. The fourth-order valence-corrected chi connectivity index (χ4v) is 2.69. The van der Waals surface area contributed by atoms with Crippen LogP contribution in [0.1, 0.15) is 0 Å². The number of anilines is 1. The summed E-state index contributed by atoms with van der Waals surface area (Å²) in [5.74, 6) is 0.324. The number of benzene rings is 2. The average molecular weight is 311 g/mol. The molecule has 2 aliphatic heterocycles. The van der Waals surface area contributed by atoms with Gasteiger partial charge in [-0.25, -0.2) is 0 Å². The monoisotopic (exact) mass is 311 g/mol. The first kappa shape index (κ1) is 15.4. The van der Waals surface area contributed by atoms with Gasteiger partial charge in [0.2, 0.25) is 0 Å². The summed E-state index contributed by atoms with van der Waals surface area (Å²) in [7, 11) is 0. The molecule has 2 aromatic rings. The van der Waals surface area contributed by atoms with E-state index in [1.807, 2.05) is 42.5 Å². The Balaban J connectivity index is 0.000000220. The lowest BCUT2D eigenvalue weighted by Gasteiger charge is -2.30. The molecule has 0 atom stereocenters. The van der Waals surface area contributed by atoms with Crippen LogP contribution >= 0.6 is 0 Å². The lowest BCUT2D eigenvalue weighted by atomic mass is 10.1. The molecule has 0 amide bonds. The molecule has 0 aliphatic carbocycles. The van der Waals surface area contributed by atoms with Crippen molar-refractivity contribution in [3.8, 4) is 5.75 Å². The van der Waals surface area contributed by atoms with E-state index < -0.39 is 0 Å². The van der Waals surface area contributed by atoms with Crippen LogP contribution in [0.4, 0.5) is 5.69 Å². The molecule has 0 unspecified atom stereocenters. The maximum Gasteiger partial charge on any atom is 0.118 e. The number of ether oxygens (including phenoxy) is 2. The SMILES string of the molecule is C1=CCOC=C1.Oc1cc(N2CCOCC2)c2ccccc2c1. The predicted molar refractivity (Wildman–Crippen MR) is 92.9 cm³/mol. The van der Waals surface area contributed by atoms with E-state index in [1.165, 1.54) is 5.39 Å². The fraction of sp³-hybridized carbons (Fsp3) is 0.263. The summed E-state index contributed by atoms with van der Waals surface area (Å²) < 4.78 is 10.2. The van der Waals surface area contributed by atoms with E-state index in [9.17, 15) is 5.11 Å². The van der Waals surface area contributed by atoms with Gasteiger partial charge in [0.15, 0.2) is 0 Å². The van der Waals surface area contributed by atoms with Crippen molar-refractivity contribution in [2.75, 3.05) is 37.8 Å². The summed E-state index contributed by atoms with van der Waals surface area (Å²) in [6, 6.07) is 11.8. The lowest BCUT2D eigenvalue weighted by Crippen LogP contribution is -2.36. The zero-order chi connectivity index (χ0) is 15.9. The summed E-state index contributed by atoms with van der Waals surface area (Å²) in [5, 5.41) is 12.0.